The van der Waals surface area contributed by atoms with Crippen molar-refractivity contribution >= 4 is 22.4 Å². The molecule has 2 N–H and O–H groups in total. The molecule has 0 aromatic heterocycles. The molecule has 110 valence electrons. The van der Waals surface area contributed by atoms with Gasteiger partial charge in [0.15, 0.2) is 17.5 Å². The van der Waals surface area contributed by atoms with Gasteiger partial charge in [0, 0.05) is 13.1 Å². The first kappa shape index (κ1) is 18.2. The molecule has 1 rings (SSSR count). The summed E-state index contributed by atoms with van der Waals surface area (Å²) in [7, 11) is -4.18. The Morgan fingerprint density at radius 2 is 1.74 bits per heavy atom. The van der Waals surface area contributed by atoms with Gasteiger partial charge in [0.05, 0.1) is 0 Å². The van der Waals surface area contributed by atoms with Crippen molar-refractivity contribution in [2.45, 2.75) is 11.8 Å². The van der Waals surface area contributed by atoms with Crippen LogP contribution in [0.3, 0.4) is 0 Å². The maximum Gasteiger partial charge on any atom is 0.243 e. The molecule has 0 fully saturated rings. The second-order valence-electron chi connectivity index (χ2n) is 3.42. The Hall–Kier alpha value is -0.830. The van der Waals surface area contributed by atoms with E-state index in [1.54, 1.807) is 0 Å². The fourth-order valence-electron chi connectivity index (χ4n) is 1.24. The van der Waals surface area contributed by atoms with Crippen molar-refractivity contribution in [1.29, 1.82) is 0 Å². The van der Waals surface area contributed by atoms with Gasteiger partial charge >= 0.3 is 0 Å². The molecule has 0 saturated heterocycles. The van der Waals surface area contributed by atoms with Gasteiger partial charge in [-0.15, -0.1) is 12.4 Å². The average Bonchev–Trinajstić information content (AvgIpc) is 2.31. The largest absolute Gasteiger partial charge is 0.316 e. The van der Waals surface area contributed by atoms with Gasteiger partial charge in [0.1, 0.15) is 4.90 Å². The highest BCUT2D eigenvalue weighted by Crippen LogP contribution is 2.19. The maximum absolute atomic E-state index is 13.3. The van der Waals surface area contributed by atoms with Crippen molar-refractivity contribution in [3.05, 3.63) is 29.6 Å². The molecule has 0 atom stereocenters. The van der Waals surface area contributed by atoms with E-state index >= 15 is 0 Å². The van der Waals surface area contributed by atoms with Crippen molar-refractivity contribution < 1.29 is 21.6 Å². The van der Waals surface area contributed by atoms with E-state index in [0.29, 0.717) is 25.2 Å². The predicted molar refractivity (Wildman–Crippen MR) is 67.3 cm³/mol. The maximum atomic E-state index is 13.3. The molecule has 19 heavy (non-hydrogen) atoms. The van der Waals surface area contributed by atoms with Gasteiger partial charge in [0.2, 0.25) is 10.0 Å². The number of likely N-dealkylation sites (N-methyl/N-ethyl adjacent to an activating group) is 1. The van der Waals surface area contributed by atoms with Gasteiger partial charge in [-0.2, -0.15) is 0 Å². The second-order valence-corrected chi connectivity index (χ2v) is 5.16. The minimum absolute atomic E-state index is 0. The summed E-state index contributed by atoms with van der Waals surface area (Å²) in [6.45, 7) is 2.86. The van der Waals surface area contributed by atoms with Gasteiger partial charge in [-0.05, 0) is 18.7 Å². The van der Waals surface area contributed by atoms with Crippen LogP contribution >= 0.6 is 12.4 Å². The number of hydrogen-bond donors (Lipinski definition) is 2. The zero-order valence-electron chi connectivity index (χ0n) is 10.0. The minimum Gasteiger partial charge on any atom is -0.316 e. The molecule has 0 saturated carbocycles. The third kappa shape index (κ3) is 4.64. The highest BCUT2D eigenvalue weighted by molar-refractivity contribution is 7.89. The van der Waals surface area contributed by atoms with Crippen LogP contribution in [-0.4, -0.2) is 28.1 Å². The van der Waals surface area contributed by atoms with Crippen LogP contribution in [0.4, 0.5) is 13.2 Å². The van der Waals surface area contributed by atoms with Crippen LogP contribution < -0.4 is 10.0 Å². The molecule has 0 heterocycles. The monoisotopic (exact) mass is 318 g/mol. The fraction of sp³-hybridized carbons (Fsp3) is 0.400. The number of sulfonamides is 1. The lowest BCUT2D eigenvalue weighted by Gasteiger charge is -2.08. The third-order valence-corrected chi connectivity index (χ3v) is 3.61. The number of halogens is 4. The van der Waals surface area contributed by atoms with Crippen molar-refractivity contribution in [3.63, 3.8) is 0 Å². The lowest BCUT2D eigenvalue weighted by atomic mass is 10.3. The van der Waals surface area contributed by atoms with E-state index in [4.69, 9.17) is 0 Å². The fourth-order valence-corrected chi connectivity index (χ4v) is 2.34. The molecule has 0 amide bonds. The second kappa shape index (κ2) is 7.68. The van der Waals surface area contributed by atoms with Crippen LogP contribution in [0.2, 0.25) is 0 Å². The summed E-state index contributed by atoms with van der Waals surface area (Å²) < 4.78 is 64.2. The average molecular weight is 319 g/mol. The van der Waals surface area contributed by atoms with Crippen LogP contribution in [0.5, 0.6) is 0 Å². The Kier molecular flexibility index (Phi) is 7.35. The van der Waals surface area contributed by atoms with Crippen LogP contribution in [0, 0.1) is 17.5 Å². The van der Waals surface area contributed by atoms with Gasteiger partial charge < -0.3 is 5.32 Å². The van der Waals surface area contributed by atoms with Crippen molar-refractivity contribution in [2.75, 3.05) is 19.6 Å². The van der Waals surface area contributed by atoms with Crippen molar-refractivity contribution in [1.82, 2.24) is 10.0 Å². The molecule has 0 radical (unpaired) electrons. The van der Waals surface area contributed by atoms with Crippen LogP contribution in [-0.2, 0) is 10.0 Å². The number of hydrogen-bond acceptors (Lipinski definition) is 3. The minimum atomic E-state index is -4.18. The molecule has 0 spiro atoms. The first-order chi connectivity index (χ1) is 8.40. The number of benzene rings is 1. The molecular weight excluding hydrogens is 305 g/mol. The van der Waals surface area contributed by atoms with E-state index < -0.39 is 32.4 Å². The number of nitrogens with one attached hydrogen (secondary N) is 2. The summed E-state index contributed by atoms with van der Waals surface area (Å²) in [6.07, 6.45) is 0. The molecule has 0 aliphatic carbocycles. The lowest BCUT2D eigenvalue weighted by Crippen LogP contribution is -2.32. The molecule has 1 aromatic rings. The standard InChI is InChI=1S/C10H13F3N2O2S.ClH/c1-2-14-5-6-15-18(16,17)8-4-3-7(11)9(12)10(8)13;/h3-4,14-15H,2,5-6H2,1H3;1H. The molecule has 0 aliphatic rings. The zero-order chi connectivity index (χ0) is 13.8. The summed E-state index contributed by atoms with van der Waals surface area (Å²) in [4.78, 5) is -0.905. The van der Waals surface area contributed by atoms with Gasteiger partial charge in [0.25, 0.3) is 0 Å². The molecule has 1 aromatic carbocycles. The molecule has 0 bridgehead atoms. The first-order valence-corrected chi connectivity index (χ1v) is 6.72. The molecular formula is C10H14ClF3N2O2S. The molecule has 4 nitrogen and oxygen atoms in total. The number of rotatable bonds is 6. The van der Waals surface area contributed by atoms with Gasteiger partial charge in [-0.3, -0.25) is 0 Å². The summed E-state index contributed by atoms with van der Waals surface area (Å²) in [5.41, 5.74) is 0. The predicted octanol–water partition coefficient (Wildman–Crippen LogP) is 1.41. The van der Waals surface area contributed by atoms with Crippen molar-refractivity contribution in [3.8, 4) is 0 Å². The highest BCUT2D eigenvalue weighted by Gasteiger charge is 2.23. The summed E-state index contributed by atoms with van der Waals surface area (Å²) in [6, 6.07) is 1.25. The Labute approximate surface area is 115 Å². The Morgan fingerprint density at radius 3 is 2.32 bits per heavy atom. The lowest BCUT2D eigenvalue weighted by molar-refractivity contribution is 0.431. The molecule has 9 heteroatoms. The first-order valence-electron chi connectivity index (χ1n) is 5.24. The van der Waals surface area contributed by atoms with E-state index in [1.165, 1.54) is 0 Å². The summed E-state index contributed by atoms with van der Waals surface area (Å²) in [5.74, 6) is -4.95. The Bertz CT molecular complexity index is 526. The third-order valence-electron chi connectivity index (χ3n) is 2.13. The normalized spacial score (nSPS) is 11.2. The van der Waals surface area contributed by atoms with E-state index in [0.717, 1.165) is 0 Å². The quantitative estimate of drug-likeness (QED) is 0.616. The summed E-state index contributed by atoms with van der Waals surface area (Å²) in [5, 5.41) is 2.85. The van der Waals surface area contributed by atoms with Crippen LogP contribution in [0.1, 0.15) is 6.92 Å². The van der Waals surface area contributed by atoms with E-state index in [9.17, 15) is 21.6 Å². The van der Waals surface area contributed by atoms with Crippen LogP contribution in [0.25, 0.3) is 0 Å². The SMILES string of the molecule is CCNCCNS(=O)(=O)c1ccc(F)c(F)c1F.Cl. The van der Waals surface area contributed by atoms with E-state index in [2.05, 4.69) is 10.0 Å². The topological polar surface area (TPSA) is 58.2 Å². The zero-order valence-corrected chi connectivity index (χ0v) is 11.7. The summed E-state index contributed by atoms with van der Waals surface area (Å²) >= 11 is 0. The van der Waals surface area contributed by atoms with Gasteiger partial charge in [-0.25, -0.2) is 26.3 Å². The Balaban J connectivity index is 0.00000324. The molecule has 0 aliphatic heterocycles. The highest BCUT2D eigenvalue weighted by atomic mass is 35.5. The van der Waals surface area contributed by atoms with Crippen molar-refractivity contribution in [2.24, 2.45) is 0 Å². The Morgan fingerprint density at radius 1 is 1.11 bits per heavy atom. The van der Waals surface area contributed by atoms with E-state index in [1.807, 2.05) is 6.92 Å². The molecule has 0 unspecified atom stereocenters. The van der Waals surface area contributed by atoms with Gasteiger partial charge in [-0.1, -0.05) is 6.92 Å². The van der Waals surface area contributed by atoms with E-state index in [-0.39, 0.29) is 19.0 Å². The smallest absolute Gasteiger partial charge is 0.243 e. The van der Waals surface area contributed by atoms with Crippen LogP contribution in [0.15, 0.2) is 17.0 Å².